The Morgan fingerprint density at radius 2 is 2.03 bits per heavy atom. The molecule has 0 spiro atoms. The van der Waals surface area contributed by atoms with E-state index in [9.17, 15) is 4.79 Å². The number of benzene rings is 1. The fraction of sp³-hybridized carbons (Fsp3) is 0.458. The number of aromatic nitrogens is 1. The SMILES string of the molecule is COC1C(c2ccc(C(=O)N(c3ncccc3C)C3CCCNC3)cc2)=NOC1(C)C. The van der Waals surface area contributed by atoms with Crippen LogP contribution < -0.4 is 10.2 Å². The number of ether oxygens (including phenoxy) is 1. The fourth-order valence-electron chi connectivity index (χ4n) is 4.33. The molecule has 7 nitrogen and oxygen atoms in total. The number of anilines is 1. The zero-order valence-corrected chi connectivity index (χ0v) is 18.6. The van der Waals surface area contributed by atoms with Crippen molar-refractivity contribution < 1.29 is 14.4 Å². The second kappa shape index (κ2) is 8.77. The minimum absolute atomic E-state index is 0.0460. The van der Waals surface area contributed by atoms with Crippen molar-refractivity contribution in [3.8, 4) is 0 Å². The van der Waals surface area contributed by atoms with Crippen molar-refractivity contribution in [2.45, 2.75) is 51.4 Å². The standard InChI is InChI=1S/C24H30N4O3/c1-16-7-5-14-26-22(16)28(19-8-6-13-25-15-19)23(29)18-11-9-17(10-12-18)20-21(30-4)24(2,3)31-27-20/h5,7,9-12,14,19,21,25H,6,8,13,15H2,1-4H3. The molecule has 1 aromatic carbocycles. The van der Waals surface area contributed by atoms with Crippen molar-refractivity contribution in [2.24, 2.45) is 5.16 Å². The first-order chi connectivity index (χ1) is 14.9. The molecule has 2 aromatic rings. The van der Waals surface area contributed by atoms with Crippen molar-refractivity contribution in [3.05, 3.63) is 59.3 Å². The Hall–Kier alpha value is -2.77. The summed E-state index contributed by atoms with van der Waals surface area (Å²) in [7, 11) is 1.65. The van der Waals surface area contributed by atoms with Crippen LogP contribution in [0, 0.1) is 6.92 Å². The van der Waals surface area contributed by atoms with Gasteiger partial charge >= 0.3 is 0 Å². The lowest BCUT2D eigenvalue weighted by atomic mass is 9.93. The first kappa shape index (κ1) is 21.5. The van der Waals surface area contributed by atoms with Crippen LogP contribution in [0.3, 0.4) is 0 Å². The van der Waals surface area contributed by atoms with E-state index >= 15 is 0 Å². The number of methoxy groups -OCH3 is 1. The number of aryl methyl sites for hydroxylation is 1. The van der Waals surface area contributed by atoms with Crippen LogP contribution in [0.25, 0.3) is 0 Å². The quantitative estimate of drug-likeness (QED) is 0.800. The number of hydrogen-bond acceptors (Lipinski definition) is 6. The molecule has 164 valence electrons. The zero-order valence-electron chi connectivity index (χ0n) is 18.6. The maximum Gasteiger partial charge on any atom is 0.259 e. The average molecular weight is 423 g/mol. The number of rotatable bonds is 5. The van der Waals surface area contributed by atoms with Gasteiger partial charge in [-0.25, -0.2) is 4.98 Å². The highest BCUT2D eigenvalue weighted by Gasteiger charge is 2.42. The van der Waals surface area contributed by atoms with E-state index in [4.69, 9.17) is 9.57 Å². The van der Waals surface area contributed by atoms with Gasteiger partial charge in [0, 0.05) is 31.0 Å². The van der Waals surface area contributed by atoms with Crippen LogP contribution in [0.15, 0.2) is 47.8 Å². The van der Waals surface area contributed by atoms with E-state index in [0.29, 0.717) is 5.56 Å². The summed E-state index contributed by atoms with van der Waals surface area (Å²) in [6.07, 6.45) is 3.46. The van der Waals surface area contributed by atoms with Crippen LogP contribution >= 0.6 is 0 Å². The van der Waals surface area contributed by atoms with Gasteiger partial charge in [-0.1, -0.05) is 23.4 Å². The van der Waals surface area contributed by atoms with Crippen LogP contribution in [0.1, 0.15) is 48.2 Å². The van der Waals surface area contributed by atoms with Gasteiger partial charge in [0.25, 0.3) is 5.91 Å². The first-order valence-corrected chi connectivity index (χ1v) is 10.8. The third kappa shape index (κ3) is 4.20. The lowest BCUT2D eigenvalue weighted by Gasteiger charge is -2.34. The fourth-order valence-corrected chi connectivity index (χ4v) is 4.33. The van der Waals surface area contributed by atoms with E-state index < -0.39 is 5.60 Å². The molecule has 0 bridgehead atoms. The Bertz CT molecular complexity index is 965. The predicted octanol–water partition coefficient (Wildman–Crippen LogP) is 3.32. The Kier molecular flexibility index (Phi) is 6.07. The van der Waals surface area contributed by atoms with Crippen LogP contribution in [-0.4, -0.2) is 54.5 Å². The van der Waals surface area contributed by atoms with Gasteiger partial charge in [-0.3, -0.25) is 9.69 Å². The largest absolute Gasteiger partial charge is 0.386 e. The molecule has 4 rings (SSSR count). The summed E-state index contributed by atoms with van der Waals surface area (Å²) in [5.74, 6) is 0.676. The third-order valence-electron chi connectivity index (χ3n) is 5.99. The van der Waals surface area contributed by atoms with Gasteiger partial charge in [-0.15, -0.1) is 0 Å². The van der Waals surface area contributed by atoms with E-state index in [1.807, 2.05) is 62.1 Å². The second-order valence-corrected chi connectivity index (χ2v) is 8.68. The van der Waals surface area contributed by atoms with Gasteiger partial charge in [0.05, 0.1) is 6.04 Å². The molecule has 2 aliphatic heterocycles. The summed E-state index contributed by atoms with van der Waals surface area (Å²) < 4.78 is 5.61. The molecule has 0 saturated carbocycles. The highest BCUT2D eigenvalue weighted by molar-refractivity contribution is 6.08. The van der Waals surface area contributed by atoms with Gasteiger partial charge in [-0.05, 0) is 63.9 Å². The molecule has 2 aliphatic rings. The molecular weight excluding hydrogens is 392 g/mol. The lowest BCUT2D eigenvalue weighted by Crippen LogP contribution is -2.49. The number of hydrogen-bond donors (Lipinski definition) is 1. The number of carbonyl (C=O) groups excluding carboxylic acids is 1. The molecule has 1 amide bonds. The molecule has 1 saturated heterocycles. The average Bonchev–Trinajstić information content (AvgIpc) is 3.10. The number of nitrogens with zero attached hydrogens (tertiary/aromatic N) is 3. The van der Waals surface area contributed by atoms with E-state index in [1.165, 1.54) is 0 Å². The molecule has 1 aromatic heterocycles. The highest BCUT2D eigenvalue weighted by Crippen LogP contribution is 2.29. The maximum absolute atomic E-state index is 13.6. The van der Waals surface area contributed by atoms with Crippen LogP contribution in [0.4, 0.5) is 5.82 Å². The molecule has 2 atom stereocenters. The Morgan fingerprint density at radius 3 is 2.68 bits per heavy atom. The van der Waals surface area contributed by atoms with Crippen molar-refractivity contribution in [3.63, 3.8) is 0 Å². The van der Waals surface area contributed by atoms with Gasteiger partial charge in [0.1, 0.15) is 17.6 Å². The Balaban J connectivity index is 1.63. The maximum atomic E-state index is 13.6. The van der Waals surface area contributed by atoms with E-state index in [2.05, 4.69) is 15.5 Å². The first-order valence-electron chi connectivity index (χ1n) is 10.8. The lowest BCUT2D eigenvalue weighted by molar-refractivity contribution is -0.0614. The van der Waals surface area contributed by atoms with E-state index in [0.717, 1.165) is 48.6 Å². The molecule has 31 heavy (non-hydrogen) atoms. The molecule has 3 heterocycles. The van der Waals surface area contributed by atoms with Crippen LogP contribution in [-0.2, 0) is 9.57 Å². The van der Waals surface area contributed by atoms with Crippen molar-refractivity contribution >= 4 is 17.4 Å². The van der Waals surface area contributed by atoms with Crippen molar-refractivity contribution in [1.82, 2.24) is 10.3 Å². The van der Waals surface area contributed by atoms with Crippen molar-refractivity contribution in [1.29, 1.82) is 0 Å². The van der Waals surface area contributed by atoms with Crippen LogP contribution in [0.2, 0.25) is 0 Å². The highest BCUT2D eigenvalue weighted by atomic mass is 16.7. The molecule has 0 aliphatic carbocycles. The molecular formula is C24H30N4O3. The molecule has 1 fully saturated rings. The summed E-state index contributed by atoms with van der Waals surface area (Å²) in [5.41, 5.74) is 2.70. The third-order valence-corrected chi connectivity index (χ3v) is 5.99. The van der Waals surface area contributed by atoms with Crippen LogP contribution in [0.5, 0.6) is 0 Å². The number of oxime groups is 1. The summed E-state index contributed by atoms with van der Waals surface area (Å²) in [6.45, 7) is 7.63. The van der Waals surface area contributed by atoms with Gasteiger partial charge in [0.15, 0.2) is 5.60 Å². The molecule has 7 heteroatoms. The monoisotopic (exact) mass is 422 g/mol. The summed E-state index contributed by atoms with van der Waals surface area (Å²) in [4.78, 5) is 25.6. The number of piperidine rings is 1. The molecule has 1 N–H and O–H groups in total. The van der Waals surface area contributed by atoms with Gasteiger partial charge in [-0.2, -0.15) is 0 Å². The van der Waals surface area contributed by atoms with Crippen molar-refractivity contribution in [2.75, 3.05) is 25.1 Å². The normalized spacial score (nSPS) is 22.5. The smallest absolute Gasteiger partial charge is 0.259 e. The summed E-state index contributed by atoms with van der Waals surface area (Å²) in [5, 5.41) is 7.64. The number of amides is 1. The Labute approximate surface area is 183 Å². The topological polar surface area (TPSA) is 76.0 Å². The zero-order chi connectivity index (χ0) is 22.0. The number of nitrogens with one attached hydrogen (secondary N) is 1. The summed E-state index contributed by atoms with van der Waals surface area (Å²) >= 11 is 0. The van der Waals surface area contributed by atoms with Gasteiger partial charge in [0.2, 0.25) is 0 Å². The summed E-state index contributed by atoms with van der Waals surface area (Å²) in [6, 6.07) is 11.5. The molecule has 0 radical (unpaired) electrons. The molecule has 2 unspecified atom stereocenters. The number of carbonyl (C=O) groups is 1. The minimum atomic E-state index is -0.528. The second-order valence-electron chi connectivity index (χ2n) is 8.68. The van der Waals surface area contributed by atoms with Gasteiger partial charge < -0.3 is 14.9 Å². The van der Waals surface area contributed by atoms with E-state index in [-0.39, 0.29) is 18.1 Å². The predicted molar refractivity (Wildman–Crippen MR) is 121 cm³/mol. The van der Waals surface area contributed by atoms with E-state index in [1.54, 1.807) is 13.3 Å². The number of pyridine rings is 1. The minimum Gasteiger partial charge on any atom is -0.386 e. The Morgan fingerprint density at radius 1 is 1.26 bits per heavy atom.